The van der Waals surface area contributed by atoms with E-state index in [0.29, 0.717) is 0 Å². The lowest BCUT2D eigenvalue weighted by Gasteiger charge is -2.20. The number of rotatable bonds is 6. The summed E-state index contributed by atoms with van der Waals surface area (Å²) >= 11 is 1.13. The van der Waals surface area contributed by atoms with Crippen molar-refractivity contribution in [2.24, 2.45) is 0 Å². The molecule has 8 nitrogen and oxygen atoms in total. The fraction of sp³-hybridized carbons (Fsp3) is 0.474. The van der Waals surface area contributed by atoms with E-state index in [0.717, 1.165) is 28.6 Å². The molecule has 2 rings (SSSR count). The molecule has 2 aromatic rings. The predicted molar refractivity (Wildman–Crippen MR) is 107 cm³/mol. The Hall–Kier alpha value is -2.55. The zero-order valence-electron chi connectivity index (χ0n) is 17.0. The van der Waals surface area contributed by atoms with Crippen LogP contribution in [0.1, 0.15) is 50.8 Å². The molecule has 2 amide bonds. The first kappa shape index (κ1) is 21.7. The maximum Gasteiger partial charge on any atom is 0.408 e. The Morgan fingerprint density at radius 1 is 1.21 bits per heavy atom. The minimum absolute atomic E-state index is 0.128. The van der Waals surface area contributed by atoms with Crippen LogP contribution in [-0.4, -0.2) is 33.6 Å². The molecule has 152 valence electrons. The van der Waals surface area contributed by atoms with Crippen LogP contribution in [-0.2, 0) is 9.53 Å². The Balaban J connectivity index is 1.87. The number of anilines is 1. The van der Waals surface area contributed by atoms with Crippen molar-refractivity contribution in [2.75, 3.05) is 11.1 Å². The van der Waals surface area contributed by atoms with Crippen LogP contribution in [0.5, 0.6) is 0 Å². The van der Waals surface area contributed by atoms with Crippen LogP contribution in [0.4, 0.5) is 10.5 Å². The lowest BCUT2D eigenvalue weighted by Crippen LogP contribution is -2.34. The monoisotopic (exact) mass is 406 g/mol. The number of carbonyl (C=O) groups is 2. The summed E-state index contributed by atoms with van der Waals surface area (Å²) in [5, 5.41) is 13.6. The number of ether oxygens (including phenoxy) is 1. The van der Waals surface area contributed by atoms with Gasteiger partial charge in [-0.2, -0.15) is 0 Å². The second kappa shape index (κ2) is 9.09. The number of hydrogen-bond acceptors (Lipinski definition) is 7. The van der Waals surface area contributed by atoms with E-state index in [2.05, 4.69) is 20.8 Å². The zero-order chi connectivity index (χ0) is 20.9. The van der Waals surface area contributed by atoms with Crippen LogP contribution in [0, 0.1) is 13.8 Å². The van der Waals surface area contributed by atoms with Crippen molar-refractivity contribution in [3.8, 4) is 0 Å². The van der Waals surface area contributed by atoms with Crippen LogP contribution in [0.15, 0.2) is 27.8 Å². The van der Waals surface area contributed by atoms with E-state index in [1.807, 2.05) is 32.0 Å². The maximum absolute atomic E-state index is 12.2. The number of nitrogens with one attached hydrogen (secondary N) is 2. The van der Waals surface area contributed by atoms with Gasteiger partial charge in [0.05, 0.1) is 5.75 Å². The molecule has 0 aliphatic rings. The molecule has 0 saturated heterocycles. The molecule has 0 unspecified atom stereocenters. The van der Waals surface area contributed by atoms with Gasteiger partial charge in [0.2, 0.25) is 11.8 Å². The standard InChI is InChI=1S/C19H26N4O4S/c1-11-8-7-9-12(2)15(11)21-14(24)10-28-18-23-22-16(26-18)13(3)20-17(25)27-19(4,5)6/h7-9,13H,10H2,1-6H3,(H,20,25)(H,21,24)/t13-/m0/s1. The molecule has 0 spiro atoms. The van der Waals surface area contributed by atoms with Crippen molar-refractivity contribution in [3.63, 3.8) is 0 Å². The van der Waals surface area contributed by atoms with Crippen LogP contribution in [0.3, 0.4) is 0 Å². The summed E-state index contributed by atoms with van der Waals surface area (Å²) in [7, 11) is 0. The van der Waals surface area contributed by atoms with E-state index in [9.17, 15) is 9.59 Å². The molecule has 0 bridgehead atoms. The lowest BCUT2D eigenvalue weighted by molar-refractivity contribution is -0.113. The Morgan fingerprint density at radius 2 is 1.86 bits per heavy atom. The summed E-state index contributed by atoms with van der Waals surface area (Å²) in [6.07, 6.45) is -0.569. The number of aryl methyl sites for hydroxylation is 2. The van der Waals surface area contributed by atoms with Gasteiger partial charge in [-0.25, -0.2) is 4.79 Å². The van der Waals surface area contributed by atoms with Crippen molar-refractivity contribution in [3.05, 3.63) is 35.2 Å². The Bertz CT molecular complexity index is 824. The van der Waals surface area contributed by atoms with Crippen molar-refractivity contribution in [1.82, 2.24) is 15.5 Å². The molecule has 0 fully saturated rings. The Morgan fingerprint density at radius 3 is 2.46 bits per heavy atom. The molecule has 1 aromatic carbocycles. The van der Waals surface area contributed by atoms with Crippen LogP contribution in [0.2, 0.25) is 0 Å². The van der Waals surface area contributed by atoms with E-state index in [4.69, 9.17) is 9.15 Å². The highest BCUT2D eigenvalue weighted by Gasteiger charge is 2.21. The molecule has 0 saturated carbocycles. The molecule has 1 heterocycles. The van der Waals surface area contributed by atoms with Gasteiger partial charge >= 0.3 is 6.09 Å². The van der Waals surface area contributed by atoms with E-state index < -0.39 is 17.7 Å². The molecule has 0 radical (unpaired) electrons. The minimum atomic E-state index is -0.595. The Labute approximate surface area is 168 Å². The summed E-state index contributed by atoms with van der Waals surface area (Å²) in [4.78, 5) is 24.0. The van der Waals surface area contributed by atoms with Crippen molar-refractivity contribution in [2.45, 2.75) is 58.4 Å². The molecule has 0 aliphatic carbocycles. The molecule has 0 aliphatic heterocycles. The second-order valence-electron chi connectivity index (χ2n) is 7.38. The largest absolute Gasteiger partial charge is 0.444 e. The molecule has 28 heavy (non-hydrogen) atoms. The van der Waals surface area contributed by atoms with E-state index in [1.54, 1.807) is 27.7 Å². The second-order valence-corrected chi connectivity index (χ2v) is 8.30. The average Bonchev–Trinajstić information content (AvgIpc) is 3.04. The molecular formula is C19H26N4O4S. The first-order chi connectivity index (χ1) is 13.0. The van der Waals surface area contributed by atoms with Crippen LogP contribution < -0.4 is 10.6 Å². The number of hydrogen-bond donors (Lipinski definition) is 2. The minimum Gasteiger partial charge on any atom is -0.444 e. The summed E-state index contributed by atoms with van der Waals surface area (Å²) in [6.45, 7) is 10.9. The van der Waals surface area contributed by atoms with E-state index in [-0.39, 0.29) is 22.8 Å². The zero-order valence-corrected chi connectivity index (χ0v) is 17.8. The summed E-state index contributed by atoms with van der Waals surface area (Å²) in [5.41, 5.74) is 2.22. The van der Waals surface area contributed by atoms with Gasteiger partial charge in [-0.05, 0) is 52.7 Å². The molecule has 2 N–H and O–H groups in total. The van der Waals surface area contributed by atoms with Crippen LogP contribution in [0.25, 0.3) is 0 Å². The van der Waals surface area contributed by atoms with Gasteiger partial charge in [0.25, 0.3) is 5.22 Å². The van der Waals surface area contributed by atoms with Gasteiger partial charge in [0.15, 0.2) is 0 Å². The third kappa shape index (κ3) is 6.56. The average molecular weight is 407 g/mol. The summed E-state index contributed by atoms with van der Waals surface area (Å²) in [6, 6.07) is 5.32. The normalized spacial score (nSPS) is 12.4. The number of benzene rings is 1. The number of carbonyl (C=O) groups excluding carboxylic acids is 2. The van der Waals surface area contributed by atoms with Crippen molar-refractivity contribution >= 4 is 29.4 Å². The highest BCUT2D eigenvalue weighted by atomic mass is 32.2. The quantitative estimate of drug-likeness (QED) is 0.698. The van der Waals surface area contributed by atoms with Crippen LogP contribution >= 0.6 is 11.8 Å². The van der Waals surface area contributed by atoms with Gasteiger partial charge in [0.1, 0.15) is 11.6 Å². The van der Waals surface area contributed by atoms with Crippen molar-refractivity contribution < 1.29 is 18.7 Å². The number of thioether (sulfide) groups is 1. The number of amides is 2. The fourth-order valence-corrected chi connectivity index (χ4v) is 2.88. The Kier molecular flexibility index (Phi) is 7.06. The summed E-state index contributed by atoms with van der Waals surface area (Å²) < 4.78 is 10.7. The van der Waals surface area contributed by atoms with Crippen molar-refractivity contribution in [1.29, 1.82) is 0 Å². The third-order valence-electron chi connectivity index (χ3n) is 3.60. The van der Waals surface area contributed by atoms with E-state index in [1.165, 1.54) is 0 Å². The van der Waals surface area contributed by atoms with Gasteiger partial charge < -0.3 is 19.8 Å². The molecular weight excluding hydrogens is 380 g/mol. The lowest BCUT2D eigenvalue weighted by atomic mass is 10.1. The first-order valence-corrected chi connectivity index (χ1v) is 9.85. The molecule has 9 heteroatoms. The SMILES string of the molecule is Cc1cccc(C)c1NC(=O)CSc1nnc([C@H](C)NC(=O)OC(C)(C)C)o1. The number of aromatic nitrogens is 2. The number of alkyl carbamates (subject to hydrolysis) is 1. The van der Waals surface area contributed by atoms with E-state index >= 15 is 0 Å². The fourth-order valence-electron chi connectivity index (χ4n) is 2.31. The third-order valence-corrected chi connectivity index (χ3v) is 4.42. The molecule has 1 atom stereocenters. The number of nitrogens with zero attached hydrogens (tertiary/aromatic N) is 2. The first-order valence-electron chi connectivity index (χ1n) is 8.87. The smallest absolute Gasteiger partial charge is 0.408 e. The topological polar surface area (TPSA) is 106 Å². The highest BCUT2D eigenvalue weighted by molar-refractivity contribution is 7.99. The van der Waals surface area contributed by atoms with Gasteiger partial charge in [-0.15, -0.1) is 10.2 Å². The summed E-state index contributed by atoms with van der Waals surface area (Å²) in [5.74, 6) is 0.203. The highest BCUT2D eigenvalue weighted by Crippen LogP contribution is 2.22. The predicted octanol–water partition coefficient (Wildman–Crippen LogP) is 4.00. The van der Waals surface area contributed by atoms with Gasteiger partial charge in [0, 0.05) is 5.69 Å². The molecule has 1 aromatic heterocycles. The van der Waals surface area contributed by atoms with Gasteiger partial charge in [-0.1, -0.05) is 30.0 Å². The number of para-hydroxylation sites is 1. The maximum atomic E-state index is 12.2. The van der Waals surface area contributed by atoms with Gasteiger partial charge in [-0.3, -0.25) is 4.79 Å².